The van der Waals surface area contributed by atoms with E-state index in [-0.39, 0.29) is 36.1 Å². The number of aliphatic imine (C=N–C) groups is 1. The summed E-state index contributed by atoms with van der Waals surface area (Å²) in [5, 5.41) is 19.7. The molecular weight excluding hydrogens is 524 g/mol. The van der Waals surface area contributed by atoms with Gasteiger partial charge in [0.1, 0.15) is 0 Å². The van der Waals surface area contributed by atoms with Crippen LogP contribution in [0.15, 0.2) is 38.8 Å². The Morgan fingerprint density at radius 3 is 2.22 bits per heavy atom. The fourth-order valence-electron chi connectivity index (χ4n) is 2.41. The number of H-pyrrole nitrogens is 2. The maximum atomic E-state index is 11.8. The average molecular weight is 543 g/mol. The summed E-state index contributed by atoms with van der Waals surface area (Å²) in [5.74, 6) is -0.540. The first-order valence-corrected chi connectivity index (χ1v) is 12.1. The third-order valence-corrected chi connectivity index (χ3v) is 4.93. The van der Waals surface area contributed by atoms with Crippen LogP contribution < -0.4 is 27.3 Å². The van der Waals surface area contributed by atoms with Gasteiger partial charge in [0.15, 0.2) is 0 Å². The highest BCUT2D eigenvalue weighted by Gasteiger charge is 2.08. The van der Waals surface area contributed by atoms with Crippen LogP contribution in [0.2, 0.25) is 0 Å². The van der Waals surface area contributed by atoms with Crippen molar-refractivity contribution in [1.82, 2.24) is 29.9 Å². The van der Waals surface area contributed by atoms with Crippen molar-refractivity contribution in [3.8, 4) is 0 Å². The Hall–Kier alpha value is -3.95. The van der Waals surface area contributed by atoms with E-state index in [0.717, 1.165) is 12.0 Å². The predicted octanol–water partition coefficient (Wildman–Crippen LogP) is 0.202. The molecule has 192 valence electrons. The van der Waals surface area contributed by atoms with Crippen LogP contribution in [0.3, 0.4) is 0 Å². The zero-order valence-electron chi connectivity index (χ0n) is 17.9. The molecule has 2 heterocycles. The van der Waals surface area contributed by atoms with Gasteiger partial charge >= 0.3 is 11.4 Å². The Bertz CT molecular complexity index is 1410. The molecule has 0 aliphatic rings. The topological polar surface area (TPSA) is 259 Å². The van der Waals surface area contributed by atoms with Crippen molar-refractivity contribution in [2.75, 3.05) is 34.0 Å². The number of aromatic amines is 2. The van der Waals surface area contributed by atoms with E-state index in [4.69, 9.17) is 9.81 Å². The molecule has 20 heteroatoms. The fraction of sp³-hybridized carbons (Fsp3) is 0.188. The molecule has 0 aliphatic heterocycles. The van der Waals surface area contributed by atoms with Gasteiger partial charge in [0, 0.05) is 36.2 Å². The minimum atomic E-state index is -4.18. The summed E-state index contributed by atoms with van der Waals surface area (Å²) in [6.45, 7) is -0.202. The van der Waals surface area contributed by atoms with Crippen LogP contribution in [0, 0.1) is 0 Å². The molecule has 36 heavy (non-hydrogen) atoms. The molecule has 1 aromatic carbocycles. The fourth-order valence-corrected chi connectivity index (χ4v) is 3.01. The number of anilines is 5. The van der Waals surface area contributed by atoms with Crippen LogP contribution in [-0.4, -0.2) is 72.4 Å². The summed E-state index contributed by atoms with van der Waals surface area (Å²) in [4.78, 5) is 47.5. The van der Waals surface area contributed by atoms with Crippen LogP contribution >= 0.6 is 12.0 Å². The van der Waals surface area contributed by atoms with Crippen LogP contribution in [0.4, 0.5) is 35.2 Å². The van der Waals surface area contributed by atoms with Gasteiger partial charge in [-0.25, -0.2) is 19.8 Å². The van der Waals surface area contributed by atoms with Gasteiger partial charge in [0.2, 0.25) is 17.8 Å². The minimum absolute atomic E-state index is 0.0295. The van der Waals surface area contributed by atoms with E-state index in [2.05, 4.69) is 60.2 Å². The molecule has 18 nitrogen and oxygen atoms in total. The van der Waals surface area contributed by atoms with Crippen molar-refractivity contribution in [3.63, 3.8) is 0 Å². The Morgan fingerprint density at radius 2 is 1.61 bits per heavy atom. The van der Waals surface area contributed by atoms with Crippen molar-refractivity contribution < 1.29 is 27.6 Å². The predicted molar refractivity (Wildman–Crippen MR) is 129 cm³/mol. The Balaban J connectivity index is 1.63. The van der Waals surface area contributed by atoms with Crippen molar-refractivity contribution in [2.24, 2.45) is 4.99 Å². The SMILES string of the molecule is O=c1nc(/N=C\CSOOO)nc(Nc2ccc(Nc3nc(NCCS(=O)(=O)O)nc(=O)[nH]3)cc2)[nH]1. The van der Waals surface area contributed by atoms with Gasteiger partial charge in [-0.2, -0.15) is 28.4 Å². The van der Waals surface area contributed by atoms with Crippen LogP contribution in [-0.2, 0) is 19.5 Å². The molecule has 0 unspecified atom stereocenters. The lowest BCUT2D eigenvalue weighted by Gasteiger charge is -2.09. The van der Waals surface area contributed by atoms with Crippen molar-refractivity contribution in [2.45, 2.75) is 0 Å². The molecule has 0 spiro atoms. The van der Waals surface area contributed by atoms with Gasteiger partial charge < -0.3 is 16.0 Å². The van der Waals surface area contributed by atoms with Gasteiger partial charge in [-0.15, -0.1) is 4.33 Å². The standard InChI is InChI=1S/C16H18N10O8S2/c27-15-23-11(17-5-7-35-34-33-29)21-13(25-15)19-9-1-3-10(4-2-9)20-14-22-12(24-16(28)26-14)18-6-8-36(30,31)32/h1-5,29H,6-8H2,(H,30,31,32)(H2,19,21,23,25,27)(H3,18,20,22,24,26,28)/b17-5-. The Kier molecular flexibility index (Phi) is 9.38. The smallest absolute Gasteiger partial charge is 0.351 e. The second kappa shape index (κ2) is 12.7. The largest absolute Gasteiger partial charge is 0.353 e. The molecule has 7 N–H and O–H groups in total. The molecule has 0 aliphatic carbocycles. The molecular formula is C16H18N10O8S2. The normalized spacial score (nSPS) is 11.5. The van der Waals surface area contributed by atoms with Crippen molar-refractivity contribution >= 4 is 63.5 Å². The third kappa shape index (κ3) is 9.36. The molecule has 2 aromatic heterocycles. The maximum absolute atomic E-state index is 11.8. The number of nitrogens with one attached hydrogen (secondary N) is 5. The second-order valence-electron chi connectivity index (χ2n) is 6.41. The lowest BCUT2D eigenvalue weighted by Crippen LogP contribution is -2.21. The van der Waals surface area contributed by atoms with E-state index in [1.807, 2.05) is 0 Å². The molecule has 0 atom stereocenters. The molecule has 0 saturated carbocycles. The van der Waals surface area contributed by atoms with E-state index in [1.165, 1.54) is 6.21 Å². The molecule has 0 radical (unpaired) electrons. The van der Waals surface area contributed by atoms with E-state index in [9.17, 15) is 18.0 Å². The molecule has 3 rings (SSSR count). The maximum Gasteiger partial charge on any atom is 0.351 e. The first-order valence-electron chi connectivity index (χ1n) is 9.62. The molecule has 0 bridgehead atoms. The Labute approximate surface area is 205 Å². The van der Waals surface area contributed by atoms with Crippen LogP contribution in [0.25, 0.3) is 0 Å². The number of benzene rings is 1. The number of hydrogen-bond donors (Lipinski definition) is 7. The first-order chi connectivity index (χ1) is 17.2. The minimum Gasteiger partial charge on any atom is -0.353 e. The molecule has 0 saturated heterocycles. The first kappa shape index (κ1) is 26.7. The van der Waals surface area contributed by atoms with Gasteiger partial charge in [0.05, 0.1) is 11.5 Å². The van der Waals surface area contributed by atoms with Gasteiger partial charge in [-0.05, 0) is 24.3 Å². The molecule has 0 fully saturated rings. The summed E-state index contributed by atoms with van der Waals surface area (Å²) < 4.78 is 34.5. The monoisotopic (exact) mass is 542 g/mol. The van der Waals surface area contributed by atoms with E-state index < -0.39 is 27.3 Å². The van der Waals surface area contributed by atoms with Crippen LogP contribution in [0.5, 0.6) is 0 Å². The van der Waals surface area contributed by atoms with E-state index in [1.54, 1.807) is 24.3 Å². The summed E-state index contributed by atoms with van der Waals surface area (Å²) in [7, 11) is -4.18. The zero-order chi connectivity index (χ0) is 26.0. The van der Waals surface area contributed by atoms with E-state index in [0.29, 0.717) is 11.4 Å². The lowest BCUT2D eigenvalue weighted by molar-refractivity contribution is -0.432. The summed E-state index contributed by atoms with van der Waals surface area (Å²) >= 11 is 0.744. The van der Waals surface area contributed by atoms with Gasteiger partial charge in [-0.3, -0.25) is 14.5 Å². The Morgan fingerprint density at radius 1 is 1.00 bits per heavy atom. The number of hydrogen-bond acceptors (Lipinski definition) is 16. The molecule has 0 amide bonds. The number of nitrogens with zero attached hydrogens (tertiary/aromatic N) is 5. The second-order valence-corrected chi connectivity index (χ2v) is 8.68. The zero-order valence-corrected chi connectivity index (χ0v) is 19.5. The van der Waals surface area contributed by atoms with Gasteiger partial charge in [-0.1, -0.05) is 5.04 Å². The highest BCUT2D eigenvalue weighted by molar-refractivity contribution is 7.95. The van der Waals surface area contributed by atoms with Crippen LogP contribution in [0.1, 0.15) is 0 Å². The number of rotatable bonds is 13. The quantitative estimate of drug-likeness (QED) is 0.0380. The third-order valence-electron chi connectivity index (χ3n) is 3.77. The van der Waals surface area contributed by atoms with Crippen molar-refractivity contribution in [3.05, 3.63) is 45.2 Å². The van der Waals surface area contributed by atoms with Gasteiger partial charge in [0.25, 0.3) is 16.1 Å². The van der Waals surface area contributed by atoms with E-state index >= 15 is 0 Å². The highest BCUT2D eigenvalue weighted by atomic mass is 32.2. The lowest BCUT2D eigenvalue weighted by atomic mass is 10.3. The summed E-state index contributed by atoms with van der Waals surface area (Å²) in [5.41, 5.74) is -0.363. The molecule has 3 aromatic rings. The number of aromatic nitrogens is 6. The summed E-state index contributed by atoms with van der Waals surface area (Å²) in [6.07, 6.45) is 1.34. The average Bonchev–Trinajstić information content (AvgIpc) is 2.79. The highest BCUT2D eigenvalue weighted by Crippen LogP contribution is 2.19. The van der Waals surface area contributed by atoms with Crippen molar-refractivity contribution in [1.29, 1.82) is 0 Å². The summed E-state index contributed by atoms with van der Waals surface area (Å²) in [6, 6.07) is 6.54.